The zero-order valence-electron chi connectivity index (χ0n) is 13.3. The summed E-state index contributed by atoms with van der Waals surface area (Å²) in [5.74, 6) is -1.19. The maximum atomic E-state index is 11.9. The Morgan fingerprint density at radius 1 is 1.24 bits per heavy atom. The van der Waals surface area contributed by atoms with E-state index in [1.165, 1.54) is 25.1 Å². The average Bonchev–Trinajstić information content (AvgIpc) is 2.57. The van der Waals surface area contributed by atoms with Crippen molar-refractivity contribution in [2.24, 2.45) is 0 Å². The molecule has 0 saturated carbocycles. The van der Waals surface area contributed by atoms with E-state index in [1.807, 2.05) is 0 Å². The molecular formula is C17H15ClN2O5. The van der Waals surface area contributed by atoms with Crippen LogP contribution >= 0.6 is 11.6 Å². The first-order chi connectivity index (χ1) is 11.9. The number of aryl methyl sites for hydroxylation is 1. The number of hydrogen-bond donors (Lipinski definition) is 1. The summed E-state index contributed by atoms with van der Waals surface area (Å²) >= 11 is 5.85. The number of nitrogens with zero attached hydrogens (tertiary/aromatic N) is 1. The number of amides is 1. The minimum atomic E-state index is -0.726. The van der Waals surface area contributed by atoms with Crippen LogP contribution in [0.1, 0.15) is 21.5 Å². The Bertz CT molecular complexity index is 822. The molecule has 0 bridgehead atoms. The summed E-state index contributed by atoms with van der Waals surface area (Å²) in [5, 5.41) is 13.9. The monoisotopic (exact) mass is 362 g/mol. The van der Waals surface area contributed by atoms with Gasteiger partial charge in [0.15, 0.2) is 6.61 Å². The van der Waals surface area contributed by atoms with Gasteiger partial charge in [-0.2, -0.15) is 0 Å². The summed E-state index contributed by atoms with van der Waals surface area (Å²) in [6.45, 7) is 1.33. The number of ether oxygens (including phenoxy) is 1. The van der Waals surface area contributed by atoms with Gasteiger partial charge in [-0.15, -0.1) is 0 Å². The van der Waals surface area contributed by atoms with E-state index < -0.39 is 23.4 Å². The van der Waals surface area contributed by atoms with Gasteiger partial charge < -0.3 is 10.1 Å². The molecular weight excluding hydrogens is 348 g/mol. The zero-order valence-corrected chi connectivity index (χ0v) is 14.1. The molecule has 25 heavy (non-hydrogen) atoms. The third-order valence-corrected chi connectivity index (χ3v) is 3.58. The van der Waals surface area contributed by atoms with Gasteiger partial charge in [0, 0.05) is 23.2 Å². The van der Waals surface area contributed by atoms with Crippen molar-refractivity contribution in [3.63, 3.8) is 0 Å². The van der Waals surface area contributed by atoms with Gasteiger partial charge in [-0.3, -0.25) is 14.9 Å². The van der Waals surface area contributed by atoms with E-state index in [0.717, 1.165) is 5.56 Å². The number of carbonyl (C=O) groups is 2. The summed E-state index contributed by atoms with van der Waals surface area (Å²) < 4.78 is 4.91. The summed E-state index contributed by atoms with van der Waals surface area (Å²) in [6, 6.07) is 10.9. The SMILES string of the molecule is Cc1cc(C(=O)OCC(=O)NCc2cccc(Cl)c2)ccc1[N+](=O)[O-]. The fourth-order valence-electron chi connectivity index (χ4n) is 2.10. The summed E-state index contributed by atoms with van der Waals surface area (Å²) in [5.41, 5.74) is 1.21. The van der Waals surface area contributed by atoms with Gasteiger partial charge >= 0.3 is 5.97 Å². The van der Waals surface area contributed by atoms with Crippen LogP contribution in [0.25, 0.3) is 0 Å². The lowest BCUT2D eigenvalue weighted by Crippen LogP contribution is -2.28. The third kappa shape index (κ3) is 5.29. The Morgan fingerprint density at radius 2 is 2.00 bits per heavy atom. The predicted octanol–water partition coefficient (Wildman–Crippen LogP) is 3.03. The van der Waals surface area contributed by atoms with Crippen LogP contribution in [0.5, 0.6) is 0 Å². The highest BCUT2D eigenvalue weighted by molar-refractivity contribution is 6.30. The van der Waals surface area contributed by atoms with Crippen LogP contribution in [-0.2, 0) is 16.1 Å². The molecule has 0 aliphatic heterocycles. The number of hydrogen-bond acceptors (Lipinski definition) is 5. The summed E-state index contributed by atoms with van der Waals surface area (Å²) in [6.07, 6.45) is 0. The molecule has 1 N–H and O–H groups in total. The molecule has 2 rings (SSSR count). The van der Waals surface area contributed by atoms with Gasteiger partial charge in [0.2, 0.25) is 0 Å². The third-order valence-electron chi connectivity index (χ3n) is 3.34. The molecule has 0 saturated heterocycles. The highest BCUT2D eigenvalue weighted by Gasteiger charge is 2.15. The second kappa shape index (κ2) is 8.25. The molecule has 0 radical (unpaired) electrons. The van der Waals surface area contributed by atoms with E-state index in [-0.39, 0.29) is 17.8 Å². The second-order valence-corrected chi connectivity index (χ2v) is 5.68. The van der Waals surface area contributed by atoms with Gasteiger partial charge in [-0.25, -0.2) is 4.79 Å². The van der Waals surface area contributed by atoms with Crippen LogP contribution in [0.2, 0.25) is 5.02 Å². The van der Waals surface area contributed by atoms with Gasteiger partial charge in [0.05, 0.1) is 10.5 Å². The van der Waals surface area contributed by atoms with Crippen molar-refractivity contribution in [1.82, 2.24) is 5.32 Å². The molecule has 0 aliphatic rings. The van der Waals surface area contributed by atoms with Gasteiger partial charge in [-0.05, 0) is 36.8 Å². The Hall–Kier alpha value is -2.93. The summed E-state index contributed by atoms with van der Waals surface area (Å²) in [4.78, 5) is 33.9. The molecule has 0 unspecified atom stereocenters. The number of nitro benzene ring substituents is 1. The molecule has 2 aromatic carbocycles. The Balaban J connectivity index is 1.86. The number of rotatable bonds is 6. The van der Waals surface area contributed by atoms with Gasteiger partial charge in [-0.1, -0.05) is 23.7 Å². The van der Waals surface area contributed by atoms with Crippen molar-refractivity contribution in [3.05, 3.63) is 74.3 Å². The van der Waals surface area contributed by atoms with Crippen LogP contribution in [0.3, 0.4) is 0 Å². The number of nitro groups is 1. The minimum absolute atomic E-state index is 0.0872. The van der Waals surface area contributed by atoms with Crippen LogP contribution in [0, 0.1) is 17.0 Å². The lowest BCUT2D eigenvalue weighted by Gasteiger charge is -2.07. The largest absolute Gasteiger partial charge is 0.452 e. The van der Waals surface area contributed by atoms with Gasteiger partial charge in [0.25, 0.3) is 11.6 Å². The standard InChI is InChI=1S/C17H15ClN2O5/c1-11-7-13(5-6-15(11)20(23)24)17(22)25-10-16(21)19-9-12-3-2-4-14(18)8-12/h2-8H,9-10H2,1H3,(H,19,21). The fourth-order valence-corrected chi connectivity index (χ4v) is 2.31. The van der Waals surface area contributed by atoms with Crippen molar-refractivity contribution < 1.29 is 19.2 Å². The van der Waals surface area contributed by atoms with Crippen molar-refractivity contribution in [2.45, 2.75) is 13.5 Å². The van der Waals surface area contributed by atoms with E-state index in [2.05, 4.69) is 5.32 Å². The van der Waals surface area contributed by atoms with E-state index in [1.54, 1.807) is 24.3 Å². The quantitative estimate of drug-likeness (QED) is 0.483. The molecule has 0 aliphatic carbocycles. The first kappa shape index (κ1) is 18.4. The average molecular weight is 363 g/mol. The molecule has 7 nitrogen and oxygen atoms in total. The topological polar surface area (TPSA) is 98.5 Å². The van der Waals surface area contributed by atoms with Crippen LogP contribution in [0.4, 0.5) is 5.69 Å². The van der Waals surface area contributed by atoms with E-state index in [0.29, 0.717) is 10.6 Å². The molecule has 130 valence electrons. The molecule has 0 fully saturated rings. The smallest absolute Gasteiger partial charge is 0.338 e. The molecule has 0 aromatic heterocycles. The first-order valence-corrected chi connectivity index (χ1v) is 7.68. The van der Waals surface area contributed by atoms with Crippen LogP contribution in [-0.4, -0.2) is 23.4 Å². The van der Waals surface area contributed by atoms with Crippen LogP contribution in [0.15, 0.2) is 42.5 Å². The maximum Gasteiger partial charge on any atom is 0.338 e. The first-order valence-electron chi connectivity index (χ1n) is 7.30. The van der Waals surface area contributed by atoms with E-state index in [4.69, 9.17) is 16.3 Å². The zero-order chi connectivity index (χ0) is 18.4. The van der Waals surface area contributed by atoms with Crippen LogP contribution < -0.4 is 5.32 Å². The van der Waals surface area contributed by atoms with E-state index >= 15 is 0 Å². The predicted molar refractivity (Wildman–Crippen MR) is 91.4 cm³/mol. The normalized spacial score (nSPS) is 10.2. The van der Waals surface area contributed by atoms with Crippen molar-refractivity contribution in [1.29, 1.82) is 0 Å². The Labute approximate surface area is 148 Å². The Kier molecular flexibility index (Phi) is 6.08. The fraction of sp³-hybridized carbons (Fsp3) is 0.176. The lowest BCUT2D eigenvalue weighted by molar-refractivity contribution is -0.385. The molecule has 0 spiro atoms. The number of nitrogens with one attached hydrogen (secondary N) is 1. The Morgan fingerprint density at radius 3 is 2.64 bits per heavy atom. The molecule has 0 atom stereocenters. The second-order valence-electron chi connectivity index (χ2n) is 5.24. The van der Waals surface area contributed by atoms with Crippen molar-refractivity contribution in [3.8, 4) is 0 Å². The number of esters is 1. The number of halogens is 1. The van der Waals surface area contributed by atoms with Gasteiger partial charge in [0.1, 0.15) is 0 Å². The molecule has 1 amide bonds. The number of benzene rings is 2. The highest BCUT2D eigenvalue weighted by Crippen LogP contribution is 2.19. The highest BCUT2D eigenvalue weighted by atomic mass is 35.5. The minimum Gasteiger partial charge on any atom is -0.452 e. The molecule has 8 heteroatoms. The summed E-state index contributed by atoms with van der Waals surface area (Å²) in [7, 11) is 0. The number of carbonyl (C=O) groups excluding carboxylic acids is 2. The molecule has 2 aromatic rings. The van der Waals surface area contributed by atoms with Crippen molar-refractivity contribution >= 4 is 29.2 Å². The lowest BCUT2D eigenvalue weighted by atomic mass is 10.1. The van der Waals surface area contributed by atoms with Crippen molar-refractivity contribution in [2.75, 3.05) is 6.61 Å². The maximum absolute atomic E-state index is 11.9. The molecule has 0 heterocycles. The van der Waals surface area contributed by atoms with E-state index in [9.17, 15) is 19.7 Å².